The van der Waals surface area contributed by atoms with Gasteiger partial charge in [0.2, 0.25) is 0 Å². The summed E-state index contributed by atoms with van der Waals surface area (Å²) < 4.78 is 0. The molecule has 0 bridgehead atoms. The summed E-state index contributed by atoms with van der Waals surface area (Å²) in [6.45, 7) is 5.89. The van der Waals surface area contributed by atoms with Gasteiger partial charge in [0.25, 0.3) is 0 Å². The van der Waals surface area contributed by atoms with Crippen molar-refractivity contribution in [3.63, 3.8) is 0 Å². The van der Waals surface area contributed by atoms with Crippen LogP contribution in [-0.2, 0) is 9.68 Å². The molecule has 0 amide bonds. The average Bonchev–Trinajstić information content (AvgIpc) is 2.40. The Balaban J connectivity index is 2.56. The van der Waals surface area contributed by atoms with Gasteiger partial charge in [-0.25, -0.2) is 9.68 Å². The molecule has 1 aromatic carbocycles. The van der Waals surface area contributed by atoms with Crippen molar-refractivity contribution in [1.29, 1.82) is 0 Å². The molecule has 0 spiro atoms. The molecule has 2 N–H and O–H groups in total. The van der Waals surface area contributed by atoms with E-state index >= 15 is 0 Å². The highest BCUT2D eigenvalue weighted by atomic mass is 16.9. The SMILES string of the molecule is CCON(OCC)c1ccc(NCCCO)cc1. The summed E-state index contributed by atoms with van der Waals surface area (Å²) in [6, 6.07) is 7.76. The molecule has 0 fully saturated rings. The molecular formula is C13H22N2O3. The summed E-state index contributed by atoms with van der Waals surface area (Å²) in [7, 11) is 0. The van der Waals surface area contributed by atoms with Gasteiger partial charge in [-0.1, -0.05) is 0 Å². The van der Waals surface area contributed by atoms with E-state index in [1.165, 1.54) is 5.23 Å². The normalized spacial score (nSPS) is 10.4. The number of benzene rings is 1. The Morgan fingerprint density at radius 3 is 2.22 bits per heavy atom. The number of hydrogen-bond acceptors (Lipinski definition) is 5. The van der Waals surface area contributed by atoms with Crippen LogP contribution >= 0.6 is 0 Å². The summed E-state index contributed by atoms with van der Waals surface area (Å²) in [5, 5.41) is 13.3. The number of rotatable bonds is 9. The third-order valence-electron chi connectivity index (χ3n) is 2.23. The van der Waals surface area contributed by atoms with Gasteiger partial charge < -0.3 is 10.4 Å². The van der Waals surface area contributed by atoms with Crippen molar-refractivity contribution in [2.75, 3.05) is 36.9 Å². The Morgan fingerprint density at radius 2 is 1.72 bits per heavy atom. The van der Waals surface area contributed by atoms with Crippen molar-refractivity contribution in [3.05, 3.63) is 24.3 Å². The van der Waals surface area contributed by atoms with Crippen molar-refractivity contribution in [3.8, 4) is 0 Å². The maximum atomic E-state index is 8.70. The summed E-state index contributed by atoms with van der Waals surface area (Å²) >= 11 is 0. The van der Waals surface area contributed by atoms with Gasteiger partial charge in [0.05, 0.1) is 18.9 Å². The molecule has 0 aliphatic carbocycles. The Morgan fingerprint density at radius 1 is 1.11 bits per heavy atom. The van der Waals surface area contributed by atoms with Crippen LogP contribution < -0.4 is 10.5 Å². The predicted molar refractivity (Wildman–Crippen MR) is 72.4 cm³/mol. The highest BCUT2D eigenvalue weighted by Gasteiger charge is 2.06. The van der Waals surface area contributed by atoms with Crippen molar-refractivity contribution in [2.45, 2.75) is 20.3 Å². The summed E-state index contributed by atoms with van der Waals surface area (Å²) in [5.41, 5.74) is 1.87. The van der Waals surface area contributed by atoms with Crippen LogP contribution in [0.1, 0.15) is 20.3 Å². The molecule has 5 nitrogen and oxygen atoms in total. The van der Waals surface area contributed by atoms with E-state index in [0.717, 1.165) is 24.3 Å². The molecule has 5 heteroatoms. The Labute approximate surface area is 108 Å². The lowest BCUT2D eigenvalue weighted by atomic mass is 10.3. The first-order chi connectivity index (χ1) is 8.81. The van der Waals surface area contributed by atoms with E-state index in [2.05, 4.69) is 5.32 Å². The van der Waals surface area contributed by atoms with E-state index < -0.39 is 0 Å². The first-order valence-corrected chi connectivity index (χ1v) is 6.32. The van der Waals surface area contributed by atoms with Gasteiger partial charge >= 0.3 is 0 Å². The molecule has 0 saturated heterocycles. The van der Waals surface area contributed by atoms with Gasteiger partial charge in [0.1, 0.15) is 0 Å². The molecule has 0 heterocycles. The van der Waals surface area contributed by atoms with Crippen LogP contribution in [0, 0.1) is 0 Å². The second-order valence-electron chi connectivity index (χ2n) is 3.64. The number of aliphatic hydroxyl groups is 1. The maximum Gasteiger partial charge on any atom is 0.0948 e. The zero-order valence-electron chi connectivity index (χ0n) is 11.1. The quantitative estimate of drug-likeness (QED) is 0.522. The van der Waals surface area contributed by atoms with Gasteiger partial charge in [0.15, 0.2) is 0 Å². The smallest absolute Gasteiger partial charge is 0.0948 e. The second-order valence-corrected chi connectivity index (χ2v) is 3.64. The first-order valence-electron chi connectivity index (χ1n) is 6.32. The second kappa shape index (κ2) is 8.74. The van der Waals surface area contributed by atoms with Crippen LogP contribution in [0.3, 0.4) is 0 Å². The lowest BCUT2D eigenvalue weighted by molar-refractivity contribution is -0.0817. The minimum atomic E-state index is 0.202. The summed E-state index contributed by atoms with van der Waals surface area (Å²) in [6.07, 6.45) is 0.742. The molecule has 0 atom stereocenters. The van der Waals surface area contributed by atoms with Crippen molar-refractivity contribution < 1.29 is 14.8 Å². The minimum absolute atomic E-state index is 0.202. The van der Waals surface area contributed by atoms with E-state index in [1.807, 2.05) is 38.1 Å². The first kappa shape index (κ1) is 14.8. The van der Waals surface area contributed by atoms with Crippen molar-refractivity contribution in [2.24, 2.45) is 0 Å². The zero-order valence-corrected chi connectivity index (χ0v) is 11.1. The van der Waals surface area contributed by atoms with Crippen LogP contribution in [-0.4, -0.2) is 31.5 Å². The zero-order chi connectivity index (χ0) is 13.2. The van der Waals surface area contributed by atoms with Crippen LogP contribution in [0.4, 0.5) is 11.4 Å². The van der Waals surface area contributed by atoms with E-state index in [-0.39, 0.29) is 6.61 Å². The van der Waals surface area contributed by atoms with Crippen LogP contribution in [0.5, 0.6) is 0 Å². The topological polar surface area (TPSA) is 54.0 Å². The molecule has 1 aromatic rings. The highest BCUT2D eigenvalue weighted by Crippen LogP contribution is 2.18. The maximum absolute atomic E-state index is 8.70. The van der Waals surface area contributed by atoms with Gasteiger partial charge in [-0.3, -0.25) is 0 Å². The Kier molecular flexibility index (Phi) is 7.17. The number of nitrogens with zero attached hydrogens (tertiary/aromatic N) is 1. The van der Waals surface area contributed by atoms with Crippen LogP contribution in [0.25, 0.3) is 0 Å². The fourth-order valence-corrected chi connectivity index (χ4v) is 1.43. The molecule has 102 valence electrons. The van der Waals surface area contributed by atoms with E-state index in [0.29, 0.717) is 13.2 Å². The molecule has 0 aliphatic heterocycles. The van der Waals surface area contributed by atoms with E-state index in [9.17, 15) is 0 Å². The molecule has 0 radical (unpaired) electrons. The van der Waals surface area contributed by atoms with E-state index in [1.54, 1.807) is 0 Å². The van der Waals surface area contributed by atoms with Crippen LogP contribution in [0.2, 0.25) is 0 Å². The number of hydrogen-bond donors (Lipinski definition) is 2. The lowest BCUT2D eigenvalue weighted by Crippen LogP contribution is -2.23. The minimum Gasteiger partial charge on any atom is -0.396 e. The molecular weight excluding hydrogens is 232 g/mol. The monoisotopic (exact) mass is 254 g/mol. The van der Waals surface area contributed by atoms with Crippen LogP contribution in [0.15, 0.2) is 24.3 Å². The van der Waals surface area contributed by atoms with Gasteiger partial charge in [-0.2, -0.15) is 0 Å². The fourth-order valence-electron chi connectivity index (χ4n) is 1.43. The fraction of sp³-hybridized carbons (Fsp3) is 0.538. The molecule has 0 aromatic heterocycles. The van der Waals surface area contributed by atoms with Crippen molar-refractivity contribution >= 4 is 11.4 Å². The molecule has 0 unspecified atom stereocenters. The molecule has 0 aliphatic rings. The predicted octanol–water partition coefficient (Wildman–Crippen LogP) is 2.19. The Bertz CT molecular complexity index is 311. The number of anilines is 2. The molecule has 1 rings (SSSR count). The summed E-state index contributed by atoms with van der Waals surface area (Å²) in [4.78, 5) is 10.7. The lowest BCUT2D eigenvalue weighted by Gasteiger charge is -2.21. The molecule has 18 heavy (non-hydrogen) atoms. The van der Waals surface area contributed by atoms with Crippen molar-refractivity contribution in [1.82, 2.24) is 0 Å². The van der Waals surface area contributed by atoms with Gasteiger partial charge in [-0.05, 0) is 44.5 Å². The number of aliphatic hydroxyl groups excluding tert-OH is 1. The van der Waals surface area contributed by atoms with E-state index in [4.69, 9.17) is 14.8 Å². The standard InChI is InChI=1S/C13H22N2O3/c1-3-17-15(18-4-2)13-8-6-12(7-9-13)14-10-5-11-16/h6-9,14,16H,3-5,10-11H2,1-2H3. The third-order valence-corrected chi connectivity index (χ3v) is 2.23. The highest BCUT2D eigenvalue weighted by molar-refractivity contribution is 5.52. The summed E-state index contributed by atoms with van der Waals surface area (Å²) in [5.74, 6) is 0. The third kappa shape index (κ3) is 4.91. The van der Waals surface area contributed by atoms with Gasteiger partial charge in [0, 0.05) is 18.8 Å². The Hall–Kier alpha value is -1.30. The van der Waals surface area contributed by atoms with Gasteiger partial charge in [-0.15, -0.1) is 5.23 Å². The largest absolute Gasteiger partial charge is 0.396 e. The number of nitrogens with one attached hydrogen (secondary N) is 1. The average molecular weight is 254 g/mol. The molecule has 0 saturated carbocycles.